The molecule has 0 spiro atoms. The average molecular weight is 537 g/mol. The van der Waals surface area contributed by atoms with Gasteiger partial charge in [-0.05, 0) is 44.5 Å². The van der Waals surface area contributed by atoms with Crippen LogP contribution in [0.3, 0.4) is 0 Å². The molecule has 208 valence electrons. The molecule has 0 bridgehead atoms. The SMILES string of the molecule is COc1cc(-n2cccn2)ccc1OCC[C@@H]1CN(C(=O)OCc2ccccc2)CCN1C(=O)OC(C)(C)C. The molecule has 3 aromatic rings. The van der Waals surface area contributed by atoms with Gasteiger partial charge in [0.2, 0.25) is 0 Å². The first-order valence-corrected chi connectivity index (χ1v) is 13.0. The van der Waals surface area contributed by atoms with Gasteiger partial charge in [0.25, 0.3) is 0 Å². The van der Waals surface area contributed by atoms with Crippen LogP contribution in [-0.4, -0.2) is 76.8 Å². The van der Waals surface area contributed by atoms with Crippen molar-refractivity contribution in [3.05, 3.63) is 72.6 Å². The fourth-order valence-electron chi connectivity index (χ4n) is 4.28. The zero-order chi connectivity index (χ0) is 27.8. The van der Waals surface area contributed by atoms with Gasteiger partial charge in [-0.15, -0.1) is 0 Å². The maximum atomic E-state index is 13.0. The van der Waals surface area contributed by atoms with Crippen molar-refractivity contribution in [2.75, 3.05) is 33.4 Å². The van der Waals surface area contributed by atoms with Crippen molar-refractivity contribution >= 4 is 12.2 Å². The van der Waals surface area contributed by atoms with E-state index < -0.39 is 17.8 Å². The summed E-state index contributed by atoms with van der Waals surface area (Å²) in [7, 11) is 1.58. The molecule has 0 saturated carbocycles. The van der Waals surface area contributed by atoms with E-state index in [4.69, 9.17) is 18.9 Å². The molecule has 1 atom stereocenters. The number of benzene rings is 2. The van der Waals surface area contributed by atoms with Crippen LogP contribution in [0, 0.1) is 0 Å². The third-order valence-electron chi connectivity index (χ3n) is 6.20. The lowest BCUT2D eigenvalue weighted by Gasteiger charge is -2.41. The van der Waals surface area contributed by atoms with Gasteiger partial charge in [-0.3, -0.25) is 0 Å². The van der Waals surface area contributed by atoms with Crippen molar-refractivity contribution in [1.29, 1.82) is 0 Å². The third kappa shape index (κ3) is 7.66. The number of nitrogens with zero attached hydrogens (tertiary/aromatic N) is 4. The molecule has 1 aliphatic heterocycles. The van der Waals surface area contributed by atoms with Gasteiger partial charge in [-0.25, -0.2) is 14.3 Å². The molecule has 2 heterocycles. The first-order valence-electron chi connectivity index (χ1n) is 13.0. The van der Waals surface area contributed by atoms with E-state index in [0.717, 1.165) is 11.3 Å². The minimum Gasteiger partial charge on any atom is -0.493 e. The summed E-state index contributed by atoms with van der Waals surface area (Å²) < 4.78 is 24.5. The number of hydrogen-bond donors (Lipinski definition) is 0. The summed E-state index contributed by atoms with van der Waals surface area (Å²) >= 11 is 0. The maximum Gasteiger partial charge on any atom is 0.410 e. The topological polar surface area (TPSA) is 95.4 Å². The van der Waals surface area contributed by atoms with Gasteiger partial charge in [0.05, 0.1) is 25.4 Å². The fraction of sp³-hybridized carbons (Fsp3) is 0.414. The van der Waals surface area contributed by atoms with Crippen LogP contribution in [0.15, 0.2) is 67.0 Å². The first-order chi connectivity index (χ1) is 18.7. The van der Waals surface area contributed by atoms with E-state index in [1.54, 1.807) is 27.8 Å². The van der Waals surface area contributed by atoms with Crippen LogP contribution in [0.25, 0.3) is 5.69 Å². The summed E-state index contributed by atoms with van der Waals surface area (Å²) in [4.78, 5) is 29.1. The highest BCUT2D eigenvalue weighted by Gasteiger charge is 2.35. The normalized spacial score (nSPS) is 15.5. The summed E-state index contributed by atoms with van der Waals surface area (Å²) in [5.41, 5.74) is 1.13. The van der Waals surface area contributed by atoms with Gasteiger partial charge in [-0.1, -0.05) is 30.3 Å². The Morgan fingerprint density at radius 1 is 1.00 bits per heavy atom. The number of aromatic nitrogens is 2. The molecular weight excluding hydrogens is 500 g/mol. The second kappa shape index (κ2) is 12.6. The molecular formula is C29H36N4O6. The Morgan fingerprint density at radius 2 is 1.79 bits per heavy atom. The van der Waals surface area contributed by atoms with E-state index in [9.17, 15) is 9.59 Å². The van der Waals surface area contributed by atoms with Crippen molar-refractivity contribution in [1.82, 2.24) is 19.6 Å². The number of carbonyl (C=O) groups excluding carboxylic acids is 2. The third-order valence-corrected chi connectivity index (χ3v) is 6.20. The van der Waals surface area contributed by atoms with E-state index in [-0.39, 0.29) is 12.6 Å². The zero-order valence-corrected chi connectivity index (χ0v) is 22.9. The zero-order valence-electron chi connectivity index (χ0n) is 22.9. The molecule has 1 aliphatic rings. The quantitative estimate of drug-likeness (QED) is 0.404. The molecule has 10 heteroatoms. The molecule has 0 N–H and O–H groups in total. The van der Waals surface area contributed by atoms with Crippen LogP contribution in [0.4, 0.5) is 9.59 Å². The van der Waals surface area contributed by atoms with Gasteiger partial charge >= 0.3 is 12.2 Å². The van der Waals surface area contributed by atoms with Gasteiger partial charge in [-0.2, -0.15) is 5.10 Å². The predicted molar refractivity (Wildman–Crippen MR) is 145 cm³/mol. The molecule has 10 nitrogen and oxygen atoms in total. The highest BCUT2D eigenvalue weighted by Crippen LogP contribution is 2.30. The summed E-state index contributed by atoms with van der Waals surface area (Å²) in [6.45, 7) is 6.99. The lowest BCUT2D eigenvalue weighted by atomic mass is 10.1. The van der Waals surface area contributed by atoms with Gasteiger partial charge in [0, 0.05) is 44.5 Å². The minimum absolute atomic E-state index is 0.189. The van der Waals surface area contributed by atoms with Gasteiger partial charge in [0.1, 0.15) is 12.2 Å². The average Bonchev–Trinajstić information content (AvgIpc) is 3.46. The highest BCUT2D eigenvalue weighted by molar-refractivity contribution is 5.71. The molecule has 1 fully saturated rings. The number of rotatable bonds is 8. The van der Waals surface area contributed by atoms with Crippen LogP contribution in [0.1, 0.15) is 32.8 Å². The Labute approximate surface area is 229 Å². The number of amides is 2. The molecule has 1 saturated heterocycles. The van der Waals surface area contributed by atoms with Crippen LogP contribution >= 0.6 is 0 Å². The number of carbonyl (C=O) groups is 2. The van der Waals surface area contributed by atoms with Gasteiger partial charge < -0.3 is 28.7 Å². The van der Waals surface area contributed by atoms with E-state index in [1.165, 1.54) is 0 Å². The van der Waals surface area contributed by atoms with Crippen molar-refractivity contribution in [3.63, 3.8) is 0 Å². The number of ether oxygens (including phenoxy) is 4. The second-order valence-electron chi connectivity index (χ2n) is 10.2. The van der Waals surface area contributed by atoms with Crippen LogP contribution in [0.2, 0.25) is 0 Å². The Kier molecular flexibility index (Phi) is 8.96. The highest BCUT2D eigenvalue weighted by atomic mass is 16.6. The predicted octanol–water partition coefficient (Wildman–Crippen LogP) is 4.91. The standard InChI is InChI=1S/C29H36N4O6/c1-29(2,3)39-28(35)32-17-16-31(27(34)38-21-22-9-6-5-7-10-22)20-24(32)13-18-37-25-12-11-23(19-26(25)36-4)33-15-8-14-30-33/h5-12,14-15,19,24H,13,16-18,20-21H2,1-4H3/t24-/m1/s1. The molecule has 39 heavy (non-hydrogen) atoms. The molecule has 2 amide bonds. The molecule has 2 aromatic carbocycles. The molecule has 0 radical (unpaired) electrons. The van der Waals surface area contributed by atoms with Crippen molar-refractivity contribution in [2.45, 2.75) is 45.4 Å². The molecule has 0 aliphatic carbocycles. The lowest BCUT2D eigenvalue weighted by molar-refractivity contribution is -0.00618. The number of methoxy groups -OCH3 is 1. The molecule has 1 aromatic heterocycles. The Balaban J connectivity index is 1.40. The summed E-state index contributed by atoms with van der Waals surface area (Å²) in [5, 5.41) is 4.25. The minimum atomic E-state index is -0.631. The molecule has 4 rings (SSSR count). The first kappa shape index (κ1) is 27.8. The van der Waals surface area contributed by atoms with E-state index in [1.807, 2.05) is 81.6 Å². The largest absolute Gasteiger partial charge is 0.493 e. The van der Waals surface area contributed by atoms with Crippen molar-refractivity contribution < 1.29 is 28.5 Å². The molecule has 0 unspecified atom stereocenters. The summed E-state index contributed by atoms with van der Waals surface area (Å²) in [6, 6.07) is 16.6. The van der Waals surface area contributed by atoms with Crippen molar-refractivity contribution in [3.8, 4) is 17.2 Å². The Bertz CT molecular complexity index is 1230. The monoisotopic (exact) mass is 536 g/mol. The number of piperazine rings is 1. The lowest BCUT2D eigenvalue weighted by Crippen LogP contribution is -2.57. The van der Waals surface area contributed by atoms with E-state index >= 15 is 0 Å². The fourth-order valence-corrected chi connectivity index (χ4v) is 4.28. The Hall–Kier alpha value is -4.21. The van der Waals surface area contributed by atoms with Crippen LogP contribution in [-0.2, 0) is 16.1 Å². The van der Waals surface area contributed by atoms with Crippen molar-refractivity contribution in [2.24, 2.45) is 0 Å². The van der Waals surface area contributed by atoms with E-state index in [2.05, 4.69) is 5.10 Å². The number of hydrogen-bond acceptors (Lipinski definition) is 7. The maximum absolute atomic E-state index is 13.0. The Morgan fingerprint density at radius 3 is 2.49 bits per heavy atom. The van der Waals surface area contributed by atoms with E-state index in [0.29, 0.717) is 44.2 Å². The summed E-state index contributed by atoms with van der Waals surface area (Å²) in [5.74, 6) is 1.15. The van der Waals surface area contributed by atoms with Gasteiger partial charge in [0.15, 0.2) is 11.5 Å². The second-order valence-corrected chi connectivity index (χ2v) is 10.2. The van der Waals surface area contributed by atoms with Crippen LogP contribution < -0.4 is 9.47 Å². The van der Waals surface area contributed by atoms with Crippen LogP contribution in [0.5, 0.6) is 11.5 Å². The smallest absolute Gasteiger partial charge is 0.410 e. The summed E-state index contributed by atoms with van der Waals surface area (Å²) in [6.07, 6.45) is 3.21.